The molecule has 0 saturated heterocycles. The lowest BCUT2D eigenvalue weighted by Crippen LogP contribution is -2.45. The highest BCUT2D eigenvalue weighted by molar-refractivity contribution is 7.90. The van der Waals surface area contributed by atoms with Gasteiger partial charge in [0.15, 0.2) is 6.04 Å². The summed E-state index contributed by atoms with van der Waals surface area (Å²) in [5, 5.41) is 0. The van der Waals surface area contributed by atoms with Gasteiger partial charge >= 0.3 is 12.5 Å². The van der Waals surface area contributed by atoms with Crippen LogP contribution in [-0.4, -0.2) is 21.8 Å². The van der Waals surface area contributed by atoms with Crippen LogP contribution in [0.5, 0.6) is 5.75 Å². The highest BCUT2D eigenvalue weighted by Gasteiger charge is 2.45. The first-order valence-corrected chi connectivity index (χ1v) is 7.45. The molecule has 0 aliphatic rings. The molecular weight excluding hydrogens is 348 g/mol. The monoisotopic (exact) mass is 363 g/mol. The summed E-state index contributed by atoms with van der Waals surface area (Å²) in [7, 11) is 0. The number of rotatable bonds is 4. The number of alkyl halides is 6. The highest BCUT2D eigenvalue weighted by Crippen LogP contribution is 2.35. The molecule has 3 nitrogen and oxygen atoms in total. The predicted molar refractivity (Wildman–Crippen MR) is 73.0 cm³/mol. The molecule has 0 bridgehead atoms. The van der Waals surface area contributed by atoms with Crippen LogP contribution in [0.15, 0.2) is 24.3 Å². The van der Waals surface area contributed by atoms with Crippen molar-refractivity contribution in [3.05, 3.63) is 29.8 Å². The fourth-order valence-corrected chi connectivity index (χ4v) is 2.31. The zero-order chi connectivity index (χ0) is 18.1. The largest absolute Gasteiger partial charge is 0.598 e. The minimum atomic E-state index is -4.93. The third-order valence-corrected chi connectivity index (χ3v) is 4.12. The number of ether oxygens (including phenoxy) is 1. The van der Waals surface area contributed by atoms with Crippen molar-refractivity contribution in [1.82, 2.24) is 4.72 Å². The molecule has 0 radical (unpaired) electrons. The van der Waals surface area contributed by atoms with Crippen LogP contribution in [0.25, 0.3) is 0 Å². The molecule has 1 rings (SSSR count). The highest BCUT2D eigenvalue weighted by atomic mass is 32.2. The van der Waals surface area contributed by atoms with Gasteiger partial charge in [0.25, 0.3) is 0 Å². The average molecular weight is 363 g/mol. The maximum Gasteiger partial charge on any atom is 0.573 e. The molecule has 0 amide bonds. The molecule has 0 aliphatic carbocycles. The van der Waals surface area contributed by atoms with Crippen LogP contribution in [-0.2, 0) is 11.4 Å². The lowest BCUT2D eigenvalue weighted by Gasteiger charge is -2.29. The van der Waals surface area contributed by atoms with Crippen LogP contribution in [0.2, 0.25) is 0 Å². The Morgan fingerprint density at radius 1 is 1.00 bits per heavy atom. The van der Waals surface area contributed by atoms with Gasteiger partial charge in [-0.2, -0.15) is 13.2 Å². The van der Waals surface area contributed by atoms with E-state index >= 15 is 0 Å². The first-order chi connectivity index (χ1) is 10.2. The molecule has 10 heteroatoms. The van der Waals surface area contributed by atoms with Crippen molar-refractivity contribution in [2.45, 2.75) is 44.1 Å². The van der Waals surface area contributed by atoms with E-state index in [0.717, 1.165) is 24.3 Å². The Morgan fingerprint density at radius 2 is 1.48 bits per heavy atom. The van der Waals surface area contributed by atoms with Crippen molar-refractivity contribution < 1.29 is 35.6 Å². The Labute approximate surface area is 132 Å². The van der Waals surface area contributed by atoms with Crippen molar-refractivity contribution in [2.24, 2.45) is 0 Å². The standard InChI is InChI=1S/C13H15F6NO2S/c1-11(2,3)23(21)20-10(12(14,15)16)8-4-6-9(7-5-8)22-13(17,18)19/h4-7,10,20H,1-3H3/t10-,23?/m1/s1. The molecule has 0 heterocycles. The quantitative estimate of drug-likeness (QED) is 0.643. The number of halogens is 6. The first-order valence-electron chi connectivity index (χ1n) is 6.30. The Hall–Kier alpha value is -1.13. The molecule has 1 aromatic rings. The Bertz CT molecular complexity index is 509. The fourth-order valence-electron chi connectivity index (χ4n) is 1.47. The van der Waals surface area contributed by atoms with Gasteiger partial charge in [-0.05, 0) is 38.5 Å². The van der Waals surface area contributed by atoms with Gasteiger partial charge in [-0.25, -0.2) is 0 Å². The minimum absolute atomic E-state index is 0.371. The molecule has 132 valence electrons. The Balaban J connectivity index is 3.01. The van der Waals surface area contributed by atoms with Crippen LogP contribution in [0, 0.1) is 0 Å². The van der Waals surface area contributed by atoms with E-state index in [1.165, 1.54) is 20.8 Å². The van der Waals surface area contributed by atoms with Gasteiger partial charge < -0.3 is 9.29 Å². The normalized spacial score (nSPS) is 16.1. The van der Waals surface area contributed by atoms with Crippen LogP contribution < -0.4 is 9.46 Å². The molecule has 1 N–H and O–H groups in total. The summed E-state index contributed by atoms with van der Waals surface area (Å²) < 4.78 is 92.0. The summed E-state index contributed by atoms with van der Waals surface area (Å²) >= 11 is -2.02. The molecule has 23 heavy (non-hydrogen) atoms. The van der Waals surface area contributed by atoms with Crippen LogP contribution in [0.4, 0.5) is 26.3 Å². The lowest BCUT2D eigenvalue weighted by atomic mass is 10.1. The van der Waals surface area contributed by atoms with E-state index in [0.29, 0.717) is 0 Å². The zero-order valence-corrected chi connectivity index (χ0v) is 13.2. The summed E-state index contributed by atoms with van der Waals surface area (Å²) in [6, 6.07) is 0.938. The maximum atomic E-state index is 13.1. The molecular formula is C13H15F6NO2S. The smallest absolute Gasteiger partial charge is 0.573 e. The SMILES string of the molecule is CC(C)(C)[S+]([O-])N[C@H](c1ccc(OC(F)(F)F)cc1)C(F)(F)F. The van der Waals surface area contributed by atoms with E-state index < -0.39 is 40.4 Å². The van der Waals surface area contributed by atoms with Gasteiger partial charge in [0, 0.05) is 11.4 Å². The Kier molecular flexibility index (Phi) is 5.87. The van der Waals surface area contributed by atoms with E-state index in [4.69, 9.17) is 0 Å². The molecule has 1 aromatic carbocycles. The molecule has 0 saturated carbocycles. The number of hydrogen-bond donors (Lipinski definition) is 1. The van der Waals surface area contributed by atoms with E-state index in [2.05, 4.69) is 4.74 Å². The zero-order valence-electron chi connectivity index (χ0n) is 12.4. The van der Waals surface area contributed by atoms with Crippen LogP contribution in [0.1, 0.15) is 32.4 Å². The summed E-state index contributed by atoms with van der Waals surface area (Å²) in [6.07, 6.45) is -9.70. The second kappa shape index (κ2) is 6.78. The molecule has 0 fully saturated rings. The van der Waals surface area contributed by atoms with Gasteiger partial charge in [-0.3, -0.25) is 0 Å². The molecule has 2 atom stereocenters. The maximum absolute atomic E-state index is 13.1. The third kappa shape index (κ3) is 6.48. The van der Waals surface area contributed by atoms with Crippen molar-refractivity contribution >= 4 is 11.4 Å². The second-order valence-electron chi connectivity index (χ2n) is 5.59. The van der Waals surface area contributed by atoms with Crippen molar-refractivity contribution in [2.75, 3.05) is 0 Å². The number of benzene rings is 1. The summed E-state index contributed by atoms with van der Waals surface area (Å²) in [6.45, 7) is 4.47. The molecule has 0 aromatic heterocycles. The minimum Gasteiger partial charge on any atom is -0.598 e. The fraction of sp³-hybridized carbons (Fsp3) is 0.538. The summed E-state index contributed by atoms with van der Waals surface area (Å²) in [4.78, 5) is 0. The van der Waals surface area contributed by atoms with E-state index in [1.807, 2.05) is 4.72 Å². The topological polar surface area (TPSA) is 44.3 Å². The average Bonchev–Trinajstić information content (AvgIpc) is 2.32. The second-order valence-corrected chi connectivity index (χ2v) is 7.59. The lowest BCUT2D eigenvalue weighted by molar-refractivity contribution is -0.274. The molecule has 0 aliphatic heterocycles. The van der Waals surface area contributed by atoms with Gasteiger partial charge in [0.1, 0.15) is 10.5 Å². The van der Waals surface area contributed by atoms with E-state index in [9.17, 15) is 30.9 Å². The summed E-state index contributed by atoms with van der Waals surface area (Å²) in [5.74, 6) is -0.640. The predicted octanol–water partition coefficient (Wildman–Crippen LogP) is 4.24. The van der Waals surface area contributed by atoms with E-state index in [1.54, 1.807) is 0 Å². The third-order valence-electron chi connectivity index (χ3n) is 2.56. The first kappa shape index (κ1) is 19.9. The van der Waals surface area contributed by atoms with Crippen molar-refractivity contribution in [3.63, 3.8) is 0 Å². The van der Waals surface area contributed by atoms with Crippen LogP contribution >= 0.6 is 0 Å². The van der Waals surface area contributed by atoms with Crippen LogP contribution in [0.3, 0.4) is 0 Å². The van der Waals surface area contributed by atoms with Crippen molar-refractivity contribution in [3.8, 4) is 5.75 Å². The summed E-state index contributed by atoms with van der Waals surface area (Å²) in [5.41, 5.74) is -0.371. The van der Waals surface area contributed by atoms with E-state index in [-0.39, 0.29) is 5.56 Å². The van der Waals surface area contributed by atoms with Gasteiger partial charge in [-0.1, -0.05) is 12.1 Å². The van der Waals surface area contributed by atoms with Gasteiger partial charge in [-0.15, -0.1) is 17.9 Å². The molecule has 0 spiro atoms. The Morgan fingerprint density at radius 3 is 1.83 bits per heavy atom. The molecule has 1 unspecified atom stereocenters. The number of nitrogens with one attached hydrogen (secondary N) is 1. The number of hydrogen-bond acceptors (Lipinski definition) is 3. The van der Waals surface area contributed by atoms with Gasteiger partial charge in [0.05, 0.1) is 0 Å². The van der Waals surface area contributed by atoms with Gasteiger partial charge in [0.2, 0.25) is 0 Å². The van der Waals surface area contributed by atoms with Crippen molar-refractivity contribution in [1.29, 1.82) is 0 Å².